The molecule has 1 heterocycles. The van der Waals surface area contributed by atoms with Crippen LogP contribution in [-0.4, -0.2) is 35.1 Å². The van der Waals surface area contributed by atoms with Crippen molar-refractivity contribution in [2.24, 2.45) is 11.8 Å². The number of carbonyl (C=O) groups is 2. The highest BCUT2D eigenvalue weighted by Crippen LogP contribution is 2.39. The maximum atomic E-state index is 12.6. The van der Waals surface area contributed by atoms with Crippen molar-refractivity contribution in [1.82, 2.24) is 10.6 Å². The quantitative estimate of drug-likeness (QED) is 0.725. The molecule has 3 N–H and O–H groups in total. The summed E-state index contributed by atoms with van der Waals surface area (Å²) in [6.07, 6.45) is 7.25. The second kappa shape index (κ2) is 5.35. The van der Waals surface area contributed by atoms with Gasteiger partial charge < -0.3 is 15.7 Å². The Morgan fingerprint density at radius 1 is 1.20 bits per heavy atom. The minimum absolute atomic E-state index is 0.0301. The molecular formula is C15H24N2O3. The molecule has 0 bridgehead atoms. The van der Waals surface area contributed by atoms with Crippen LogP contribution in [-0.2, 0) is 9.59 Å². The van der Waals surface area contributed by atoms with E-state index in [9.17, 15) is 9.59 Å². The van der Waals surface area contributed by atoms with Gasteiger partial charge in [-0.1, -0.05) is 19.3 Å². The molecule has 112 valence electrons. The highest BCUT2D eigenvalue weighted by atomic mass is 16.4. The Hall–Kier alpha value is -1.10. The van der Waals surface area contributed by atoms with E-state index in [4.69, 9.17) is 5.11 Å². The smallest absolute Gasteiger partial charge is 0.305 e. The molecule has 0 aromatic heterocycles. The predicted molar refractivity (Wildman–Crippen MR) is 74.2 cm³/mol. The third-order valence-electron chi connectivity index (χ3n) is 5.47. The van der Waals surface area contributed by atoms with Crippen LogP contribution in [0.25, 0.3) is 0 Å². The Morgan fingerprint density at radius 2 is 1.95 bits per heavy atom. The average molecular weight is 280 g/mol. The van der Waals surface area contributed by atoms with E-state index in [1.807, 2.05) is 0 Å². The molecule has 5 heteroatoms. The molecule has 0 radical (unpaired) electrons. The van der Waals surface area contributed by atoms with E-state index in [0.717, 1.165) is 38.6 Å². The highest BCUT2D eigenvalue weighted by Gasteiger charge is 2.45. The van der Waals surface area contributed by atoms with E-state index >= 15 is 0 Å². The monoisotopic (exact) mass is 280 g/mol. The summed E-state index contributed by atoms with van der Waals surface area (Å²) in [6, 6.07) is -0.103. The van der Waals surface area contributed by atoms with Crippen molar-refractivity contribution >= 4 is 11.9 Å². The Bertz CT molecular complexity index is 404. The average Bonchev–Trinajstić information content (AvgIpc) is 3.02. The van der Waals surface area contributed by atoms with E-state index in [-0.39, 0.29) is 18.4 Å². The molecule has 3 atom stereocenters. The summed E-state index contributed by atoms with van der Waals surface area (Å²) in [4.78, 5) is 23.6. The number of hydrogen-bond donors (Lipinski definition) is 3. The van der Waals surface area contributed by atoms with E-state index in [1.54, 1.807) is 0 Å². The fourth-order valence-corrected chi connectivity index (χ4v) is 4.50. The van der Waals surface area contributed by atoms with Crippen molar-refractivity contribution in [2.75, 3.05) is 6.54 Å². The molecule has 1 amide bonds. The van der Waals surface area contributed by atoms with Crippen LogP contribution in [0.4, 0.5) is 0 Å². The fourth-order valence-electron chi connectivity index (χ4n) is 4.50. The van der Waals surface area contributed by atoms with Gasteiger partial charge in [-0.2, -0.15) is 0 Å². The molecule has 20 heavy (non-hydrogen) atoms. The van der Waals surface area contributed by atoms with Crippen LogP contribution >= 0.6 is 0 Å². The first-order chi connectivity index (χ1) is 9.60. The number of rotatable bonds is 4. The second-order valence-electron chi connectivity index (χ2n) is 6.79. The van der Waals surface area contributed by atoms with Crippen LogP contribution in [0.2, 0.25) is 0 Å². The van der Waals surface area contributed by atoms with Gasteiger partial charge in [0.25, 0.3) is 0 Å². The third kappa shape index (κ3) is 2.55. The SMILES string of the molecule is O=C(O)CC1(NC(=O)C2NCC3CCCC32)CCCC1. The number of carboxylic acid groups (broad SMARTS) is 1. The van der Waals surface area contributed by atoms with Gasteiger partial charge in [0.15, 0.2) is 0 Å². The van der Waals surface area contributed by atoms with Gasteiger partial charge in [-0.05, 0) is 44.1 Å². The minimum atomic E-state index is -0.815. The van der Waals surface area contributed by atoms with Crippen molar-refractivity contribution < 1.29 is 14.7 Å². The molecule has 5 nitrogen and oxygen atoms in total. The molecule has 3 fully saturated rings. The lowest BCUT2D eigenvalue weighted by molar-refractivity contribution is -0.139. The Labute approximate surface area is 119 Å². The molecule has 3 unspecified atom stereocenters. The lowest BCUT2D eigenvalue weighted by Gasteiger charge is -2.31. The number of carboxylic acids is 1. The van der Waals surface area contributed by atoms with Crippen molar-refractivity contribution in [2.45, 2.75) is 62.9 Å². The Kier molecular flexibility index (Phi) is 3.71. The number of carbonyl (C=O) groups excluding carboxylic acids is 1. The van der Waals surface area contributed by atoms with Gasteiger partial charge in [0.05, 0.1) is 18.0 Å². The number of nitrogens with one attached hydrogen (secondary N) is 2. The molecular weight excluding hydrogens is 256 g/mol. The lowest BCUT2D eigenvalue weighted by Crippen LogP contribution is -2.54. The topological polar surface area (TPSA) is 78.4 Å². The fraction of sp³-hybridized carbons (Fsp3) is 0.867. The van der Waals surface area contributed by atoms with Crippen LogP contribution < -0.4 is 10.6 Å². The van der Waals surface area contributed by atoms with E-state index < -0.39 is 11.5 Å². The van der Waals surface area contributed by atoms with Gasteiger partial charge in [0.2, 0.25) is 5.91 Å². The maximum Gasteiger partial charge on any atom is 0.305 e. The van der Waals surface area contributed by atoms with Gasteiger partial charge in [-0.25, -0.2) is 0 Å². The second-order valence-corrected chi connectivity index (χ2v) is 6.79. The number of fused-ring (bicyclic) bond motifs is 1. The van der Waals surface area contributed by atoms with Gasteiger partial charge >= 0.3 is 5.97 Å². The molecule has 2 aliphatic carbocycles. The molecule has 0 aromatic carbocycles. The molecule has 1 aliphatic heterocycles. The van der Waals surface area contributed by atoms with Crippen LogP contribution in [0.15, 0.2) is 0 Å². The predicted octanol–water partition coefficient (Wildman–Crippen LogP) is 1.28. The van der Waals surface area contributed by atoms with E-state index in [1.165, 1.54) is 12.8 Å². The zero-order valence-electron chi connectivity index (χ0n) is 11.9. The third-order valence-corrected chi connectivity index (χ3v) is 5.47. The zero-order valence-corrected chi connectivity index (χ0v) is 11.9. The molecule has 0 aromatic rings. The Balaban J connectivity index is 1.66. The number of aliphatic carboxylic acids is 1. The maximum absolute atomic E-state index is 12.6. The van der Waals surface area contributed by atoms with Crippen molar-refractivity contribution in [3.05, 3.63) is 0 Å². The van der Waals surface area contributed by atoms with Crippen LogP contribution in [0.5, 0.6) is 0 Å². The van der Waals surface area contributed by atoms with Crippen LogP contribution in [0.3, 0.4) is 0 Å². The van der Waals surface area contributed by atoms with Gasteiger partial charge in [-0.3, -0.25) is 9.59 Å². The van der Waals surface area contributed by atoms with Gasteiger partial charge in [0, 0.05) is 0 Å². The molecule has 3 aliphatic rings. The zero-order chi connectivity index (χ0) is 14.2. The summed E-state index contributed by atoms with van der Waals surface area (Å²) in [5, 5.41) is 15.5. The summed E-state index contributed by atoms with van der Waals surface area (Å²) >= 11 is 0. The molecule has 1 saturated heterocycles. The lowest BCUT2D eigenvalue weighted by atomic mass is 9.90. The summed E-state index contributed by atoms with van der Waals surface area (Å²) in [5.74, 6) is 0.316. The van der Waals surface area contributed by atoms with Crippen LogP contribution in [0, 0.1) is 11.8 Å². The normalized spacial score (nSPS) is 34.9. The van der Waals surface area contributed by atoms with E-state index in [2.05, 4.69) is 10.6 Å². The first-order valence-corrected chi connectivity index (χ1v) is 7.87. The van der Waals surface area contributed by atoms with E-state index in [0.29, 0.717) is 11.8 Å². The van der Waals surface area contributed by atoms with Gasteiger partial charge in [0.1, 0.15) is 0 Å². The summed E-state index contributed by atoms with van der Waals surface area (Å²) in [7, 11) is 0. The summed E-state index contributed by atoms with van der Waals surface area (Å²) < 4.78 is 0. The van der Waals surface area contributed by atoms with Crippen molar-refractivity contribution in [3.8, 4) is 0 Å². The molecule has 2 saturated carbocycles. The first-order valence-electron chi connectivity index (χ1n) is 7.87. The summed E-state index contributed by atoms with van der Waals surface area (Å²) in [6.45, 7) is 0.939. The molecule has 0 spiro atoms. The first kappa shape index (κ1) is 13.9. The van der Waals surface area contributed by atoms with Gasteiger partial charge in [-0.15, -0.1) is 0 Å². The molecule has 3 rings (SSSR count). The minimum Gasteiger partial charge on any atom is -0.481 e. The highest BCUT2D eigenvalue weighted by molar-refractivity contribution is 5.84. The van der Waals surface area contributed by atoms with Crippen LogP contribution in [0.1, 0.15) is 51.4 Å². The van der Waals surface area contributed by atoms with Crippen molar-refractivity contribution in [3.63, 3.8) is 0 Å². The van der Waals surface area contributed by atoms with Crippen molar-refractivity contribution in [1.29, 1.82) is 0 Å². The number of amides is 1. The largest absolute Gasteiger partial charge is 0.481 e. The summed E-state index contributed by atoms with van der Waals surface area (Å²) in [5.41, 5.74) is -0.499. The Morgan fingerprint density at radius 3 is 2.65 bits per heavy atom. The standard InChI is InChI=1S/C15H24N2O3/c18-12(19)8-15(6-1-2-7-15)17-14(20)13-11-5-3-4-10(11)9-16-13/h10-11,13,16H,1-9H2,(H,17,20)(H,18,19). The number of hydrogen-bond acceptors (Lipinski definition) is 3.